The normalized spacial score (nSPS) is 15.3. The van der Waals surface area contributed by atoms with Crippen LogP contribution in [0.2, 0.25) is 0 Å². The van der Waals surface area contributed by atoms with Crippen molar-refractivity contribution in [3.05, 3.63) is 196 Å². The molecule has 3 heterocycles. The van der Waals surface area contributed by atoms with Gasteiger partial charge in [-0.2, -0.15) is 0 Å². The highest BCUT2D eigenvalue weighted by molar-refractivity contribution is 5.90. The lowest BCUT2D eigenvalue weighted by Crippen LogP contribution is -2.43. The van der Waals surface area contributed by atoms with Gasteiger partial charge < -0.3 is 33.3 Å². The van der Waals surface area contributed by atoms with Gasteiger partial charge in [-0.15, -0.1) is 0 Å². The zero-order valence-electron chi connectivity index (χ0n) is 37.0. The lowest BCUT2D eigenvalue weighted by atomic mass is 9.87. The van der Waals surface area contributed by atoms with Gasteiger partial charge >= 0.3 is 11.9 Å². The van der Waals surface area contributed by atoms with Gasteiger partial charge in [0.2, 0.25) is 5.91 Å². The van der Waals surface area contributed by atoms with Crippen LogP contribution in [0.1, 0.15) is 56.6 Å². The molecule has 9 rings (SSSR count). The Morgan fingerprint density at radius 1 is 0.567 bits per heavy atom. The number of carbonyl (C=O) groups excluding carboxylic acids is 4. The Balaban J connectivity index is 0.896. The molecule has 2 unspecified atom stereocenters. The Hall–Kier alpha value is -7.80. The summed E-state index contributed by atoms with van der Waals surface area (Å²) in [5, 5.41) is 0.965. The van der Waals surface area contributed by atoms with Crippen molar-refractivity contribution in [2.75, 3.05) is 32.9 Å². The summed E-state index contributed by atoms with van der Waals surface area (Å²) >= 11 is 0. The molecule has 0 fully saturated rings. The Morgan fingerprint density at radius 3 is 1.67 bits per heavy atom. The fourth-order valence-corrected chi connectivity index (χ4v) is 9.30. The number of aryl methyl sites for hydroxylation is 2. The van der Waals surface area contributed by atoms with Crippen molar-refractivity contribution in [2.24, 2.45) is 7.05 Å². The maximum absolute atomic E-state index is 15.2. The van der Waals surface area contributed by atoms with Crippen LogP contribution in [0.3, 0.4) is 0 Å². The zero-order chi connectivity index (χ0) is 46.6. The number of aromatic nitrogens is 1. The average Bonchev–Trinajstić information content (AvgIpc) is 3.65. The predicted octanol–water partition coefficient (Wildman–Crippen LogP) is 8.56. The molecule has 1 aromatic heterocycles. The van der Waals surface area contributed by atoms with Gasteiger partial charge in [-0.3, -0.25) is 9.59 Å². The first-order valence-electron chi connectivity index (χ1n) is 22.1. The lowest BCUT2D eigenvalue weighted by molar-refractivity contribution is -0.162. The van der Waals surface area contributed by atoms with Gasteiger partial charge in [0.25, 0.3) is 5.91 Å². The van der Waals surface area contributed by atoms with Crippen LogP contribution in [0.5, 0.6) is 17.2 Å². The summed E-state index contributed by atoms with van der Waals surface area (Å²) in [6.45, 7) is 0.820. The summed E-state index contributed by atoms with van der Waals surface area (Å²) in [6, 6.07) is 36.5. The van der Waals surface area contributed by atoms with E-state index in [4.69, 9.17) is 18.9 Å². The third-order valence-corrected chi connectivity index (χ3v) is 12.4. The van der Waals surface area contributed by atoms with E-state index < -0.39 is 48.9 Å². The standard InChI is InChI=1S/C54H47F2N3O8/c1-34-11-3-10-18-46(34)64-31-50(61)59-26-24-36-13-5-7-16-42(36)54(59)44-29-39(56)20-22-48(44)66-33-52(63)67-51(62)32-65-47-21-19-38(55)28-43(47)53-41-15-6-4-12-35(41)23-25-58(53)49(60)27-37-30-57(2)45-17-9-8-14-40(37)45/h3-22,28-30,53-54H,23-27,31-33H2,1-2H3. The van der Waals surface area contributed by atoms with Crippen molar-refractivity contribution in [2.45, 2.75) is 38.3 Å². The monoisotopic (exact) mass is 903 g/mol. The van der Waals surface area contributed by atoms with E-state index in [1.54, 1.807) is 15.9 Å². The maximum Gasteiger partial charge on any atom is 0.351 e. The summed E-state index contributed by atoms with van der Waals surface area (Å²) in [7, 11) is 1.93. The van der Waals surface area contributed by atoms with Gasteiger partial charge in [-0.1, -0.05) is 84.9 Å². The van der Waals surface area contributed by atoms with E-state index in [0.717, 1.165) is 44.3 Å². The van der Waals surface area contributed by atoms with Gasteiger partial charge in [0, 0.05) is 48.4 Å². The second-order valence-electron chi connectivity index (χ2n) is 16.7. The van der Waals surface area contributed by atoms with Crippen LogP contribution in [0.25, 0.3) is 10.9 Å². The molecule has 0 radical (unpaired) electrons. The molecule has 6 aromatic carbocycles. The molecule has 7 aromatic rings. The lowest BCUT2D eigenvalue weighted by Gasteiger charge is -2.38. The smallest absolute Gasteiger partial charge is 0.351 e. The minimum Gasteiger partial charge on any atom is -0.484 e. The van der Waals surface area contributed by atoms with Crippen molar-refractivity contribution in [3.63, 3.8) is 0 Å². The molecule has 2 atom stereocenters. The van der Waals surface area contributed by atoms with E-state index in [9.17, 15) is 19.2 Å². The van der Waals surface area contributed by atoms with Crippen LogP contribution in [0.4, 0.5) is 8.78 Å². The first kappa shape index (κ1) is 44.4. The summed E-state index contributed by atoms with van der Waals surface area (Å²) in [6.07, 6.45) is 3.19. The van der Waals surface area contributed by atoms with E-state index in [2.05, 4.69) is 0 Å². The number of halogens is 2. The maximum atomic E-state index is 15.2. The average molecular weight is 904 g/mol. The molecule has 11 nitrogen and oxygen atoms in total. The van der Waals surface area contributed by atoms with E-state index in [1.807, 2.05) is 116 Å². The number of rotatable bonds is 13. The molecule has 0 saturated carbocycles. The van der Waals surface area contributed by atoms with Crippen LogP contribution < -0.4 is 14.2 Å². The molecule has 0 aliphatic carbocycles. The van der Waals surface area contributed by atoms with Crippen LogP contribution in [-0.2, 0) is 50.2 Å². The Labute approximate surface area is 386 Å². The summed E-state index contributed by atoms with van der Waals surface area (Å²) in [5.74, 6) is -2.97. The fourth-order valence-electron chi connectivity index (χ4n) is 9.30. The molecule has 2 aliphatic rings. The van der Waals surface area contributed by atoms with E-state index in [-0.39, 0.29) is 41.9 Å². The highest BCUT2D eigenvalue weighted by Gasteiger charge is 2.36. The van der Waals surface area contributed by atoms with E-state index in [1.165, 1.54) is 36.4 Å². The molecule has 340 valence electrons. The number of benzene rings is 6. The molecule has 0 spiro atoms. The SMILES string of the molecule is Cc1ccccc1OCC(=O)N1CCc2ccccc2C1c1cc(F)ccc1OCC(=O)OC(=O)COc1ccc(F)cc1C1c2ccccc2CCN1C(=O)Cc1cn(C)c2ccccc12. The first-order valence-corrected chi connectivity index (χ1v) is 22.1. The van der Waals surface area contributed by atoms with Gasteiger partial charge in [-0.25, -0.2) is 18.4 Å². The number of hydrogen-bond donors (Lipinski definition) is 0. The molecule has 13 heteroatoms. The minimum atomic E-state index is -1.06. The topological polar surface area (TPSA) is 117 Å². The number of hydrogen-bond acceptors (Lipinski definition) is 8. The van der Waals surface area contributed by atoms with Gasteiger partial charge in [0.1, 0.15) is 28.9 Å². The van der Waals surface area contributed by atoms with Crippen LogP contribution >= 0.6 is 0 Å². The van der Waals surface area contributed by atoms with Gasteiger partial charge in [-0.05, 0) is 102 Å². The quantitative estimate of drug-likeness (QED) is 0.0836. The first-order chi connectivity index (χ1) is 32.5. The predicted molar refractivity (Wildman–Crippen MR) is 246 cm³/mol. The molecule has 2 amide bonds. The zero-order valence-corrected chi connectivity index (χ0v) is 37.0. The molecule has 0 saturated heterocycles. The molecule has 0 bridgehead atoms. The van der Waals surface area contributed by atoms with Gasteiger partial charge in [0.05, 0.1) is 18.5 Å². The van der Waals surface area contributed by atoms with Crippen LogP contribution in [0, 0.1) is 18.6 Å². The molecular formula is C54H47F2N3O8. The Bertz CT molecular complexity index is 3020. The highest BCUT2D eigenvalue weighted by atomic mass is 19.1. The van der Waals surface area contributed by atoms with Crippen LogP contribution in [0.15, 0.2) is 140 Å². The fraction of sp³-hybridized carbons (Fsp3) is 0.222. The van der Waals surface area contributed by atoms with Crippen LogP contribution in [-0.4, -0.2) is 71.0 Å². The van der Waals surface area contributed by atoms with Crippen molar-refractivity contribution in [3.8, 4) is 17.2 Å². The Morgan fingerprint density at radius 2 is 1.07 bits per heavy atom. The minimum absolute atomic E-state index is 0.102. The Kier molecular flexibility index (Phi) is 12.8. The third-order valence-electron chi connectivity index (χ3n) is 12.4. The number of ether oxygens (including phenoxy) is 4. The number of fused-ring (bicyclic) bond motifs is 3. The third kappa shape index (κ3) is 9.49. The number of nitrogens with zero attached hydrogens (tertiary/aromatic N) is 3. The van der Waals surface area contributed by atoms with E-state index >= 15 is 8.78 Å². The van der Waals surface area contributed by atoms with Crippen molar-refractivity contribution in [1.82, 2.24) is 14.4 Å². The second kappa shape index (κ2) is 19.4. The summed E-state index contributed by atoms with van der Waals surface area (Å²) < 4.78 is 55.2. The number of esters is 2. The summed E-state index contributed by atoms with van der Waals surface area (Å²) in [5.41, 5.74) is 6.85. The molecular weight excluding hydrogens is 857 g/mol. The highest BCUT2D eigenvalue weighted by Crippen LogP contribution is 2.42. The van der Waals surface area contributed by atoms with E-state index in [0.29, 0.717) is 37.2 Å². The van der Waals surface area contributed by atoms with Crippen molar-refractivity contribution >= 4 is 34.7 Å². The van der Waals surface area contributed by atoms with Crippen molar-refractivity contribution in [1.29, 1.82) is 0 Å². The molecule has 2 aliphatic heterocycles. The van der Waals surface area contributed by atoms with Gasteiger partial charge in [0.15, 0.2) is 19.8 Å². The summed E-state index contributed by atoms with van der Waals surface area (Å²) in [4.78, 5) is 57.9. The largest absolute Gasteiger partial charge is 0.484 e. The number of para-hydroxylation sites is 2. The van der Waals surface area contributed by atoms with Crippen molar-refractivity contribution < 1.29 is 46.9 Å². The molecule has 0 N–H and O–H groups in total. The molecule has 67 heavy (non-hydrogen) atoms. The number of carbonyl (C=O) groups is 4. The second-order valence-corrected chi connectivity index (χ2v) is 16.7. The number of amides is 2.